The Hall–Kier alpha value is -3.90. The number of carbonyl (C=O) groups is 1. The first kappa shape index (κ1) is 22.9. The third-order valence-corrected chi connectivity index (χ3v) is 6.72. The van der Waals surface area contributed by atoms with Crippen LogP contribution in [-0.2, 0) is 6.42 Å². The summed E-state index contributed by atoms with van der Waals surface area (Å²) in [6, 6.07) is 22.7. The van der Waals surface area contributed by atoms with E-state index in [2.05, 4.69) is 29.5 Å². The van der Waals surface area contributed by atoms with Gasteiger partial charge in [-0.25, -0.2) is 4.79 Å². The van der Waals surface area contributed by atoms with Crippen LogP contribution < -0.4 is 10.2 Å². The lowest BCUT2D eigenvalue weighted by Gasteiger charge is -2.35. The summed E-state index contributed by atoms with van der Waals surface area (Å²) >= 11 is 6.39. The van der Waals surface area contributed by atoms with Crippen molar-refractivity contribution in [1.82, 2.24) is 15.5 Å². The second kappa shape index (κ2) is 9.39. The van der Waals surface area contributed by atoms with Gasteiger partial charge in [0.05, 0.1) is 17.3 Å². The van der Waals surface area contributed by atoms with Crippen molar-refractivity contribution in [3.8, 4) is 11.4 Å². The van der Waals surface area contributed by atoms with Gasteiger partial charge < -0.3 is 9.84 Å². The van der Waals surface area contributed by atoms with Crippen LogP contribution >= 0.6 is 11.6 Å². The Bertz CT molecular complexity index is 1410. The van der Waals surface area contributed by atoms with Gasteiger partial charge in [0.15, 0.2) is 0 Å². The Balaban J connectivity index is 1.65. The average Bonchev–Trinajstić information content (AvgIpc) is 3.36. The molecule has 4 aromatic rings. The highest BCUT2D eigenvalue weighted by molar-refractivity contribution is 6.31. The third kappa shape index (κ3) is 4.33. The highest BCUT2D eigenvalue weighted by Gasteiger charge is 2.36. The molecule has 1 atom stereocenters. The van der Waals surface area contributed by atoms with Crippen LogP contribution in [0.2, 0.25) is 5.02 Å². The van der Waals surface area contributed by atoms with Crippen LogP contribution in [0.1, 0.15) is 42.5 Å². The molecule has 7 heteroatoms. The van der Waals surface area contributed by atoms with E-state index in [-0.39, 0.29) is 6.03 Å². The molecule has 0 saturated heterocycles. The van der Waals surface area contributed by atoms with Gasteiger partial charge >= 0.3 is 6.03 Å². The summed E-state index contributed by atoms with van der Waals surface area (Å²) in [7, 11) is 0. The fraction of sp³-hybridized carbons (Fsp3) is 0.179. The van der Waals surface area contributed by atoms with Gasteiger partial charge in [0.2, 0.25) is 5.82 Å². The number of nitrogens with one attached hydrogen (secondary N) is 1. The van der Waals surface area contributed by atoms with Gasteiger partial charge in [0.25, 0.3) is 5.89 Å². The van der Waals surface area contributed by atoms with E-state index < -0.39 is 6.04 Å². The monoisotopic (exact) mass is 484 g/mol. The molecular weight excluding hydrogens is 460 g/mol. The molecule has 2 amide bonds. The molecule has 176 valence electrons. The lowest BCUT2D eigenvalue weighted by atomic mass is 9.93. The van der Waals surface area contributed by atoms with Crippen LogP contribution in [0.15, 0.2) is 83.0 Å². The van der Waals surface area contributed by atoms with Crippen LogP contribution in [0.3, 0.4) is 0 Å². The maximum absolute atomic E-state index is 13.4. The lowest BCUT2D eigenvalue weighted by molar-refractivity contribution is 0.244. The van der Waals surface area contributed by atoms with Gasteiger partial charge in [-0.05, 0) is 49.1 Å². The molecule has 3 aromatic carbocycles. The fourth-order valence-electron chi connectivity index (χ4n) is 4.28. The molecule has 5 rings (SSSR count). The zero-order valence-corrected chi connectivity index (χ0v) is 20.5. The van der Waals surface area contributed by atoms with Crippen molar-refractivity contribution >= 4 is 28.9 Å². The van der Waals surface area contributed by atoms with Gasteiger partial charge in [-0.1, -0.05) is 84.3 Å². The van der Waals surface area contributed by atoms with Gasteiger partial charge in [-0.2, -0.15) is 4.98 Å². The number of carbonyl (C=O) groups excluding carboxylic acids is 1. The van der Waals surface area contributed by atoms with Crippen molar-refractivity contribution < 1.29 is 9.32 Å². The molecule has 1 aromatic heterocycles. The summed E-state index contributed by atoms with van der Waals surface area (Å²) in [5.41, 5.74) is 6.04. The van der Waals surface area contributed by atoms with Crippen molar-refractivity contribution in [2.75, 3.05) is 4.90 Å². The summed E-state index contributed by atoms with van der Waals surface area (Å²) in [5.74, 6) is 0.844. The normalized spacial score (nSPS) is 15.9. The Labute approximate surface area is 209 Å². The molecule has 0 bridgehead atoms. The van der Waals surface area contributed by atoms with Gasteiger partial charge in [-0.3, -0.25) is 4.90 Å². The smallest absolute Gasteiger partial charge is 0.326 e. The number of benzene rings is 3. The van der Waals surface area contributed by atoms with Crippen LogP contribution in [0, 0.1) is 6.92 Å². The van der Waals surface area contributed by atoms with E-state index in [0.29, 0.717) is 28.1 Å². The first-order chi connectivity index (χ1) is 17.0. The van der Waals surface area contributed by atoms with Crippen LogP contribution in [0.25, 0.3) is 17.0 Å². The Morgan fingerprint density at radius 1 is 1.03 bits per heavy atom. The predicted octanol–water partition coefficient (Wildman–Crippen LogP) is 6.96. The summed E-state index contributed by atoms with van der Waals surface area (Å²) < 4.78 is 5.76. The number of halogens is 1. The molecular formula is C28H25ClN4O2. The zero-order valence-electron chi connectivity index (χ0n) is 19.7. The number of rotatable bonds is 5. The third-order valence-electron chi connectivity index (χ3n) is 6.31. The van der Waals surface area contributed by atoms with E-state index >= 15 is 0 Å². The molecule has 0 radical (unpaired) electrons. The molecule has 0 fully saturated rings. The minimum Gasteiger partial charge on any atom is -0.334 e. The van der Waals surface area contributed by atoms with Crippen molar-refractivity contribution in [2.45, 2.75) is 33.2 Å². The number of nitrogens with zero attached hydrogens (tertiary/aromatic N) is 3. The minimum atomic E-state index is -0.449. The molecule has 1 aliphatic rings. The topological polar surface area (TPSA) is 71.3 Å². The maximum atomic E-state index is 13.4. The van der Waals surface area contributed by atoms with E-state index in [0.717, 1.165) is 28.7 Å². The highest BCUT2D eigenvalue weighted by Crippen LogP contribution is 2.39. The van der Waals surface area contributed by atoms with E-state index in [1.54, 1.807) is 11.0 Å². The largest absolute Gasteiger partial charge is 0.334 e. The molecule has 1 unspecified atom stereocenters. The highest BCUT2D eigenvalue weighted by atomic mass is 35.5. The Morgan fingerprint density at radius 2 is 1.77 bits per heavy atom. The number of aromatic nitrogens is 2. The molecule has 6 nitrogen and oxygen atoms in total. The summed E-state index contributed by atoms with van der Waals surface area (Å²) in [4.78, 5) is 19.7. The zero-order chi connectivity index (χ0) is 24.5. The first-order valence-electron chi connectivity index (χ1n) is 11.5. The van der Waals surface area contributed by atoms with Crippen LogP contribution in [-0.4, -0.2) is 16.2 Å². The Morgan fingerprint density at radius 3 is 2.46 bits per heavy atom. The number of allylic oxidation sites excluding steroid dienone is 1. The lowest BCUT2D eigenvalue weighted by Crippen LogP contribution is -2.46. The molecule has 1 N–H and O–H groups in total. The standard InChI is InChI=1S/C28H25ClN4O2/c1-4-19-11-13-20(14-12-19)25-24(27-31-26(32-35-27)21-8-6-5-7-9-21)18(3)33(28(34)30-25)22-15-10-17(2)23(29)16-22/h5-16,25H,4H2,1-3H3,(H,30,34). The van der Waals surface area contributed by atoms with Crippen molar-refractivity contribution in [1.29, 1.82) is 0 Å². The van der Waals surface area contributed by atoms with Crippen molar-refractivity contribution in [3.63, 3.8) is 0 Å². The van der Waals surface area contributed by atoms with Crippen LogP contribution in [0.4, 0.5) is 10.5 Å². The number of aryl methyl sites for hydroxylation is 2. The summed E-state index contributed by atoms with van der Waals surface area (Å²) in [5, 5.41) is 7.95. The number of hydrogen-bond acceptors (Lipinski definition) is 4. The van der Waals surface area contributed by atoms with Crippen molar-refractivity contribution in [2.24, 2.45) is 0 Å². The molecule has 0 spiro atoms. The van der Waals surface area contributed by atoms with Gasteiger partial charge in [0, 0.05) is 16.3 Å². The summed E-state index contributed by atoms with van der Waals surface area (Å²) in [6.07, 6.45) is 0.936. The molecule has 0 aliphatic carbocycles. The number of anilines is 1. The van der Waals surface area contributed by atoms with Crippen molar-refractivity contribution in [3.05, 3.63) is 106 Å². The van der Waals surface area contributed by atoms with E-state index in [4.69, 9.17) is 21.1 Å². The number of urea groups is 1. The molecule has 0 saturated carbocycles. The average molecular weight is 485 g/mol. The van der Waals surface area contributed by atoms with Gasteiger partial charge in [-0.15, -0.1) is 0 Å². The summed E-state index contributed by atoms with van der Waals surface area (Å²) in [6.45, 7) is 5.93. The second-order valence-corrected chi connectivity index (χ2v) is 8.94. The fourth-order valence-corrected chi connectivity index (χ4v) is 4.46. The quantitative estimate of drug-likeness (QED) is 0.332. The van der Waals surface area contributed by atoms with E-state index in [9.17, 15) is 4.79 Å². The van der Waals surface area contributed by atoms with E-state index in [1.807, 2.05) is 68.4 Å². The van der Waals surface area contributed by atoms with E-state index in [1.165, 1.54) is 5.56 Å². The van der Waals surface area contributed by atoms with Gasteiger partial charge in [0.1, 0.15) is 0 Å². The molecule has 2 heterocycles. The number of hydrogen-bond donors (Lipinski definition) is 1. The molecule has 1 aliphatic heterocycles. The first-order valence-corrected chi connectivity index (χ1v) is 11.9. The SMILES string of the molecule is CCc1ccc(C2NC(=O)N(c3ccc(C)c(Cl)c3)C(C)=C2c2nc(-c3ccccc3)no2)cc1. The Kier molecular flexibility index (Phi) is 6.14. The number of amides is 2. The minimum absolute atomic E-state index is 0.251. The molecule has 35 heavy (non-hydrogen) atoms. The maximum Gasteiger partial charge on any atom is 0.326 e. The van der Waals surface area contributed by atoms with Crippen LogP contribution in [0.5, 0.6) is 0 Å². The predicted molar refractivity (Wildman–Crippen MR) is 138 cm³/mol. The second-order valence-electron chi connectivity index (χ2n) is 8.53.